The van der Waals surface area contributed by atoms with Crippen LogP contribution in [0, 0.1) is 5.92 Å². The Balaban J connectivity index is 2.23. The first-order valence-electron chi connectivity index (χ1n) is 3.64. The number of nitrogens with two attached hydrogens (primary N) is 1. The Morgan fingerprint density at radius 3 is 2.33 bits per heavy atom. The molecule has 1 aliphatic rings. The van der Waals surface area contributed by atoms with E-state index in [1.165, 1.54) is 24.3 Å². The predicted octanol–water partition coefficient (Wildman–Crippen LogP) is 1.48. The van der Waals surface area contributed by atoms with Gasteiger partial charge in [-0.3, -0.25) is 0 Å². The highest BCUT2D eigenvalue weighted by molar-refractivity contribution is 7.99. The summed E-state index contributed by atoms with van der Waals surface area (Å²) in [6.07, 6.45) is 2.67. The van der Waals surface area contributed by atoms with Gasteiger partial charge in [-0.05, 0) is 37.2 Å². The topological polar surface area (TPSA) is 26.0 Å². The highest BCUT2D eigenvalue weighted by Gasteiger charge is 2.16. The van der Waals surface area contributed by atoms with Gasteiger partial charge in [0.2, 0.25) is 0 Å². The van der Waals surface area contributed by atoms with E-state index in [2.05, 4.69) is 18.7 Å². The van der Waals surface area contributed by atoms with Gasteiger partial charge < -0.3 is 5.73 Å². The second-order valence-corrected chi connectivity index (χ2v) is 4.03. The number of thioether (sulfide) groups is 1. The molecule has 1 unspecified atom stereocenters. The molecule has 0 radical (unpaired) electrons. The molecule has 0 saturated carbocycles. The van der Waals surface area contributed by atoms with E-state index in [4.69, 9.17) is 5.73 Å². The minimum atomic E-state index is 0.422. The Kier molecular flexibility index (Phi) is 2.86. The van der Waals surface area contributed by atoms with Gasteiger partial charge in [-0.1, -0.05) is 0 Å². The van der Waals surface area contributed by atoms with E-state index in [0.29, 0.717) is 6.04 Å². The van der Waals surface area contributed by atoms with Crippen LogP contribution < -0.4 is 5.73 Å². The van der Waals surface area contributed by atoms with E-state index in [1.54, 1.807) is 0 Å². The highest BCUT2D eigenvalue weighted by atomic mass is 32.2. The molecule has 0 aromatic rings. The molecule has 1 nitrogen and oxygen atoms in total. The van der Waals surface area contributed by atoms with Gasteiger partial charge in [-0.25, -0.2) is 0 Å². The molecule has 1 atom stereocenters. The number of hydrogen-bond acceptors (Lipinski definition) is 2. The maximum absolute atomic E-state index is 5.76. The summed E-state index contributed by atoms with van der Waals surface area (Å²) in [5, 5.41) is 0. The van der Waals surface area contributed by atoms with Gasteiger partial charge in [-0.15, -0.1) is 0 Å². The quantitative estimate of drug-likeness (QED) is 0.605. The van der Waals surface area contributed by atoms with Gasteiger partial charge in [0.05, 0.1) is 0 Å². The fraction of sp³-hybridized carbons (Fsp3) is 1.00. The van der Waals surface area contributed by atoms with Gasteiger partial charge >= 0.3 is 0 Å². The molecule has 0 spiro atoms. The van der Waals surface area contributed by atoms with E-state index < -0.39 is 0 Å². The van der Waals surface area contributed by atoms with Gasteiger partial charge in [-0.2, -0.15) is 11.8 Å². The van der Waals surface area contributed by atoms with Gasteiger partial charge in [0, 0.05) is 6.04 Å². The minimum absolute atomic E-state index is 0.422. The second-order valence-electron chi connectivity index (χ2n) is 2.81. The van der Waals surface area contributed by atoms with Gasteiger partial charge in [0.15, 0.2) is 0 Å². The summed E-state index contributed by atoms with van der Waals surface area (Å²) < 4.78 is 0. The number of rotatable bonds is 1. The molecular weight excluding hydrogens is 130 g/mol. The van der Waals surface area contributed by atoms with Crippen molar-refractivity contribution < 1.29 is 0 Å². The third-order valence-corrected chi connectivity index (χ3v) is 3.06. The standard InChI is InChI=1S/C7H15NS/c1-6(8)7-2-4-9-5-3-7/h6-7H,2-5,8H2,1H3. The lowest BCUT2D eigenvalue weighted by Crippen LogP contribution is -2.29. The van der Waals surface area contributed by atoms with Crippen LogP contribution in [0.2, 0.25) is 0 Å². The van der Waals surface area contributed by atoms with E-state index in [-0.39, 0.29) is 0 Å². The summed E-state index contributed by atoms with van der Waals surface area (Å²) in [5.74, 6) is 3.46. The van der Waals surface area contributed by atoms with Crippen LogP contribution in [0.25, 0.3) is 0 Å². The average molecular weight is 145 g/mol. The van der Waals surface area contributed by atoms with E-state index in [1.807, 2.05) is 0 Å². The Labute approximate surface area is 61.4 Å². The molecule has 0 amide bonds. The molecule has 0 aromatic carbocycles. The maximum atomic E-state index is 5.76. The lowest BCUT2D eigenvalue weighted by Gasteiger charge is -2.24. The summed E-state index contributed by atoms with van der Waals surface area (Å²) in [6, 6.07) is 0.422. The molecule has 0 aliphatic carbocycles. The summed E-state index contributed by atoms with van der Waals surface area (Å²) >= 11 is 2.06. The maximum Gasteiger partial charge on any atom is 0.00393 e. The Morgan fingerprint density at radius 2 is 2.00 bits per heavy atom. The largest absolute Gasteiger partial charge is 0.328 e. The first-order chi connectivity index (χ1) is 4.30. The van der Waals surface area contributed by atoms with Crippen LogP contribution in [0.5, 0.6) is 0 Å². The summed E-state index contributed by atoms with van der Waals surface area (Å²) in [5.41, 5.74) is 5.76. The number of hydrogen-bond donors (Lipinski definition) is 1. The van der Waals surface area contributed by atoms with Crippen molar-refractivity contribution in [2.75, 3.05) is 11.5 Å². The van der Waals surface area contributed by atoms with Crippen LogP contribution in [0.4, 0.5) is 0 Å². The highest BCUT2D eigenvalue weighted by Crippen LogP contribution is 2.24. The van der Waals surface area contributed by atoms with Crippen molar-refractivity contribution in [2.24, 2.45) is 11.7 Å². The van der Waals surface area contributed by atoms with Crippen LogP contribution in [0.1, 0.15) is 19.8 Å². The Hall–Kier alpha value is 0.310. The summed E-state index contributed by atoms with van der Waals surface area (Å²) in [4.78, 5) is 0. The summed E-state index contributed by atoms with van der Waals surface area (Å²) in [7, 11) is 0. The first kappa shape index (κ1) is 7.42. The lowest BCUT2D eigenvalue weighted by atomic mass is 9.96. The third kappa shape index (κ3) is 2.18. The molecule has 2 heteroatoms. The Bertz CT molecular complexity index is 77.0. The van der Waals surface area contributed by atoms with Crippen molar-refractivity contribution in [2.45, 2.75) is 25.8 Å². The molecule has 1 aliphatic heterocycles. The van der Waals surface area contributed by atoms with Crippen molar-refractivity contribution in [3.05, 3.63) is 0 Å². The van der Waals surface area contributed by atoms with Crippen molar-refractivity contribution >= 4 is 11.8 Å². The molecule has 54 valence electrons. The zero-order chi connectivity index (χ0) is 6.69. The molecule has 0 bridgehead atoms. The molecule has 1 rings (SSSR count). The fourth-order valence-electron chi connectivity index (χ4n) is 1.24. The van der Waals surface area contributed by atoms with E-state index in [0.717, 1.165) is 5.92 Å². The lowest BCUT2D eigenvalue weighted by molar-refractivity contribution is 0.415. The van der Waals surface area contributed by atoms with Crippen LogP contribution in [0.15, 0.2) is 0 Å². The molecule has 1 heterocycles. The molecule has 1 fully saturated rings. The SMILES string of the molecule is CC(N)C1CCSCC1. The zero-order valence-corrected chi connectivity index (χ0v) is 6.79. The molecule has 0 aromatic heterocycles. The van der Waals surface area contributed by atoms with Crippen molar-refractivity contribution in [3.8, 4) is 0 Å². The second kappa shape index (κ2) is 3.47. The Morgan fingerprint density at radius 1 is 1.44 bits per heavy atom. The molecular formula is C7H15NS. The fourth-order valence-corrected chi connectivity index (χ4v) is 2.38. The van der Waals surface area contributed by atoms with Gasteiger partial charge in [0.25, 0.3) is 0 Å². The van der Waals surface area contributed by atoms with Crippen LogP contribution in [-0.2, 0) is 0 Å². The minimum Gasteiger partial charge on any atom is -0.328 e. The zero-order valence-electron chi connectivity index (χ0n) is 5.97. The monoisotopic (exact) mass is 145 g/mol. The smallest absolute Gasteiger partial charge is 0.00393 e. The molecule has 1 saturated heterocycles. The first-order valence-corrected chi connectivity index (χ1v) is 4.79. The predicted molar refractivity (Wildman–Crippen MR) is 43.7 cm³/mol. The van der Waals surface area contributed by atoms with Crippen molar-refractivity contribution in [1.29, 1.82) is 0 Å². The molecule has 2 N–H and O–H groups in total. The molecule has 9 heavy (non-hydrogen) atoms. The third-order valence-electron chi connectivity index (χ3n) is 2.01. The van der Waals surface area contributed by atoms with Crippen LogP contribution in [-0.4, -0.2) is 17.5 Å². The van der Waals surface area contributed by atoms with E-state index >= 15 is 0 Å². The van der Waals surface area contributed by atoms with E-state index in [9.17, 15) is 0 Å². The van der Waals surface area contributed by atoms with Crippen molar-refractivity contribution in [3.63, 3.8) is 0 Å². The van der Waals surface area contributed by atoms with Crippen LogP contribution >= 0.6 is 11.8 Å². The van der Waals surface area contributed by atoms with Gasteiger partial charge in [0.1, 0.15) is 0 Å². The summed E-state index contributed by atoms with van der Waals surface area (Å²) in [6.45, 7) is 2.13. The normalized spacial score (nSPS) is 26.0. The van der Waals surface area contributed by atoms with Crippen molar-refractivity contribution in [1.82, 2.24) is 0 Å². The average Bonchev–Trinajstić information content (AvgIpc) is 1.90. The van der Waals surface area contributed by atoms with Crippen LogP contribution in [0.3, 0.4) is 0 Å².